The maximum atomic E-state index is 8.71. The van der Waals surface area contributed by atoms with Crippen molar-refractivity contribution in [1.29, 1.82) is 5.26 Å². The topological polar surface area (TPSA) is 45.9 Å². The molecule has 3 nitrogen and oxygen atoms in total. The SMILES string of the molecule is CCc1ccc(OCc2nc(C)c(CC#N)s2)cc1. The Kier molecular flexibility index (Phi) is 4.53. The van der Waals surface area contributed by atoms with Crippen molar-refractivity contribution in [2.24, 2.45) is 0 Å². The number of benzene rings is 1. The van der Waals surface area contributed by atoms with Crippen LogP contribution < -0.4 is 4.74 Å². The van der Waals surface area contributed by atoms with Gasteiger partial charge >= 0.3 is 0 Å². The fraction of sp³-hybridized carbons (Fsp3) is 0.333. The first-order valence-corrected chi connectivity index (χ1v) is 7.08. The van der Waals surface area contributed by atoms with Gasteiger partial charge in [-0.15, -0.1) is 11.3 Å². The van der Waals surface area contributed by atoms with E-state index in [1.165, 1.54) is 5.56 Å². The van der Waals surface area contributed by atoms with Crippen molar-refractivity contribution in [2.75, 3.05) is 0 Å². The second kappa shape index (κ2) is 6.35. The molecule has 0 bridgehead atoms. The Labute approximate surface area is 117 Å². The summed E-state index contributed by atoms with van der Waals surface area (Å²) in [4.78, 5) is 5.45. The predicted molar refractivity (Wildman–Crippen MR) is 76.3 cm³/mol. The molecule has 0 unspecified atom stereocenters. The van der Waals surface area contributed by atoms with Gasteiger partial charge in [0.05, 0.1) is 18.2 Å². The average Bonchev–Trinajstić information content (AvgIpc) is 2.78. The van der Waals surface area contributed by atoms with Crippen LogP contribution in [0.1, 0.15) is 28.1 Å². The van der Waals surface area contributed by atoms with E-state index in [1.807, 2.05) is 19.1 Å². The number of aromatic nitrogens is 1. The maximum absolute atomic E-state index is 8.71. The van der Waals surface area contributed by atoms with Crippen molar-refractivity contribution in [3.8, 4) is 11.8 Å². The van der Waals surface area contributed by atoms with Gasteiger partial charge in [-0.05, 0) is 31.0 Å². The minimum absolute atomic E-state index is 0.425. The van der Waals surface area contributed by atoms with E-state index in [1.54, 1.807) is 11.3 Å². The lowest BCUT2D eigenvalue weighted by Crippen LogP contribution is -1.94. The summed E-state index contributed by atoms with van der Waals surface area (Å²) in [7, 11) is 0. The molecule has 0 radical (unpaired) electrons. The summed E-state index contributed by atoms with van der Waals surface area (Å²) >= 11 is 1.55. The van der Waals surface area contributed by atoms with Gasteiger partial charge in [0, 0.05) is 4.88 Å². The maximum Gasteiger partial charge on any atom is 0.140 e. The minimum Gasteiger partial charge on any atom is -0.486 e. The first kappa shape index (κ1) is 13.6. The second-order valence-electron chi connectivity index (χ2n) is 4.24. The molecule has 1 aromatic heterocycles. The van der Waals surface area contributed by atoms with Crippen LogP contribution in [-0.4, -0.2) is 4.98 Å². The molecule has 0 aliphatic rings. The molecule has 4 heteroatoms. The van der Waals surface area contributed by atoms with Gasteiger partial charge < -0.3 is 4.74 Å². The smallest absolute Gasteiger partial charge is 0.140 e. The van der Waals surface area contributed by atoms with Crippen molar-refractivity contribution in [2.45, 2.75) is 33.3 Å². The Bertz CT molecular complexity index is 581. The highest BCUT2D eigenvalue weighted by Gasteiger charge is 2.07. The highest BCUT2D eigenvalue weighted by atomic mass is 32.1. The zero-order chi connectivity index (χ0) is 13.7. The molecule has 19 heavy (non-hydrogen) atoms. The molecule has 2 aromatic rings. The van der Waals surface area contributed by atoms with Crippen LogP contribution in [0.5, 0.6) is 5.75 Å². The van der Waals surface area contributed by atoms with E-state index in [0.29, 0.717) is 13.0 Å². The summed E-state index contributed by atoms with van der Waals surface area (Å²) in [5, 5.41) is 9.63. The van der Waals surface area contributed by atoms with Crippen molar-refractivity contribution in [1.82, 2.24) is 4.98 Å². The third-order valence-corrected chi connectivity index (χ3v) is 4.00. The number of nitrogens with zero attached hydrogens (tertiary/aromatic N) is 2. The third-order valence-electron chi connectivity index (χ3n) is 2.87. The van der Waals surface area contributed by atoms with Crippen molar-refractivity contribution >= 4 is 11.3 Å². The molecule has 0 aliphatic carbocycles. The molecule has 0 saturated carbocycles. The van der Waals surface area contributed by atoms with Gasteiger partial charge in [0.15, 0.2) is 0 Å². The Morgan fingerprint density at radius 1 is 1.32 bits per heavy atom. The van der Waals surface area contributed by atoms with Crippen LogP contribution in [0.25, 0.3) is 0 Å². The van der Waals surface area contributed by atoms with Crippen LogP contribution >= 0.6 is 11.3 Å². The number of rotatable bonds is 5. The van der Waals surface area contributed by atoms with Gasteiger partial charge in [0.25, 0.3) is 0 Å². The molecule has 0 amide bonds. The third kappa shape index (κ3) is 3.55. The van der Waals surface area contributed by atoms with Crippen LogP contribution in [0.2, 0.25) is 0 Å². The van der Waals surface area contributed by atoms with Gasteiger partial charge in [-0.1, -0.05) is 19.1 Å². The van der Waals surface area contributed by atoms with Crippen LogP contribution in [-0.2, 0) is 19.4 Å². The second-order valence-corrected chi connectivity index (χ2v) is 5.41. The Balaban J connectivity index is 1.98. The van der Waals surface area contributed by atoms with Gasteiger partial charge in [-0.3, -0.25) is 0 Å². The molecule has 2 rings (SSSR count). The van der Waals surface area contributed by atoms with Crippen molar-refractivity contribution < 1.29 is 4.74 Å². The summed E-state index contributed by atoms with van der Waals surface area (Å²) in [6.45, 7) is 4.52. The van der Waals surface area contributed by atoms with E-state index in [-0.39, 0.29) is 0 Å². The quantitative estimate of drug-likeness (QED) is 0.834. The Morgan fingerprint density at radius 2 is 2.05 bits per heavy atom. The lowest BCUT2D eigenvalue weighted by Gasteiger charge is -2.04. The molecule has 1 aromatic carbocycles. The predicted octanol–water partition coefficient (Wildman–Crippen LogP) is 3.66. The number of aryl methyl sites for hydroxylation is 2. The van der Waals surface area contributed by atoms with Crippen molar-refractivity contribution in [3.05, 3.63) is 45.4 Å². The van der Waals surface area contributed by atoms with E-state index in [9.17, 15) is 0 Å². The molecule has 98 valence electrons. The molecule has 0 saturated heterocycles. The van der Waals surface area contributed by atoms with Crippen LogP contribution in [0.4, 0.5) is 0 Å². The van der Waals surface area contributed by atoms with Crippen LogP contribution in [0.3, 0.4) is 0 Å². The monoisotopic (exact) mass is 272 g/mol. The van der Waals surface area contributed by atoms with E-state index in [0.717, 1.165) is 27.7 Å². The normalized spacial score (nSPS) is 10.2. The standard InChI is InChI=1S/C15H16N2OS/c1-3-12-4-6-13(7-5-12)18-10-15-17-11(2)14(19-15)8-9-16/h4-7H,3,8,10H2,1-2H3. The molecule has 0 atom stereocenters. The van der Waals surface area contributed by atoms with Crippen LogP contribution in [0.15, 0.2) is 24.3 Å². The first-order chi connectivity index (χ1) is 9.22. The molecular weight excluding hydrogens is 256 g/mol. The Hall–Kier alpha value is -1.86. The van der Waals surface area contributed by atoms with Gasteiger partial charge in [0.1, 0.15) is 17.4 Å². The van der Waals surface area contributed by atoms with E-state index >= 15 is 0 Å². The molecular formula is C15H16N2OS. The fourth-order valence-electron chi connectivity index (χ4n) is 1.75. The number of hydrogen-bond donors (Lipinski definition) is 0. The van der Waals surface area contributed by atoms with E-state index < -0.39 is 0 Å². The molecule has 0 spiro atoms. The molecule has 0 aliphatic heterocycles. The lowest BCUT2D eigenvalue weighted by molar-refractivity contribution is 0.305. The Morgan fingerprint density at radius 3 is 2.68 bits per heavy atom. The number of nitriles is 1. The van der Waals surface area contributed by atoms with E-state index in [4.69, 9.17) is 10.00 Å². The van der Waals surface area contributed by atoms with Gasteiger partial charge in [-0.2, -0.15) is 5.26 Å². The highest BCUT2D eigenvalue weighted by Crippen LogP contribution is 2.20. The number of ether oxygens (including phenoxy) is 1. The van der Waals surface area contributed by atoms with Gasteiger partial charge in [0.2, 0.25) is 0 Å². The minimum atomic E-state index is 0.425. The zero-order valence-electron chi connectivity index (χ0n) is 11.1. The summed E-state index contributed by atoms with van der Waals surface area (Å²) in [5.74, 6) is 0.854. The molecule has 0 fully saturated rings. The first-order valence-electron chi connectivity index (χ1n) is 6.26. The lowest BCUT2D eigenvalue weighted by atomic mass is 10.2. The average molecular weight is 272 g/mol. The zero-order valence-corrected chi connectivity index (χ0v) is 12.0. The summed E-state index contributed by atoms with van der Waals surface area (Å²) < 4.78 is 5.70. The van der Waals surface area contributed by atoms with E-state index in [2.05, 4.69) is 30.1 Å². The summed E-state index contributed by atoms with van der Waals surface area (Å²) in [6, 6.07) is 10.3. The fourth-order valence-corrected chi connectivity index (χ4v) is 2.67. The summed E-state index contributed by atoms with van der Waals surface area (Å²) in [5.41, 5.74) is 2.24. The molecule has 0 N–H and O–H groups in total. The van der Waals surface area contributed by atoms with Crippen LogP contribution in [0, 0.1) is 18.3 Å². The summed E-state index contributed by atoms with van der Waals surface area (Å²) in [6.07, 6.45) is 1.46. The number of thiazole rings is 1. The highest BCUT2D eigenvalue weighted by molar-refractivity contribution is 7.11. The van der Waals surface area contributed by atoms with Crippen molar-refractivity contribution in [3.63, 3.8) is 0 Å². The molecule has 1 heterocycles. The largest absolute Gasteiger partial charge is 0.486 e. The van der Waals surface area contributed by atoms with Gasteiger partial charge in [-0.25, -0.2) is 4.98 Å². The number of hydrogen-bond acceptors (Lipinski definition) is 4.